The van der Waals surface area contributed by atoms with Gasteiger partial charge in [0.25, 0.3) is 5.89 Å². The molecule has 0 radical (unpaired) electrons. The lowest BCUT2D eigenvalue weighted by Gasteiger charge is -2.18. The predicted molar refractivity (Wildman–Crippen MR) is 73.8 cm³/mol. The van der Waals surface area contributed by atoms with Crippen LogP contribution in [-0.2, 0) is 5.41 Å². The Kier molecular flexibility index (Phi) is 2.85. The van der Waals surface area contributed by atoms with E-state index in [1.165, 1.54) is 11.9 Å². The van der Waals surface area contributed by atoms with Gasteiger partial charge in [0.1, 0.15) is 6.33 Å². The topological polar surface area (TPSA) is 80.5 Å². The summed E-state index contributed by atoms with van der Waals surface area (Å²) in [5.41, 5.74) is 2.27. The summed E-state index contributed by atoms with van der Waals surface area (Å²) in [5.74, 6) is 1.36. The number of nitrogens with zero attached hydrogens (tertiary/aromatic N) is 4. The molecular formula is C14H15N5O. The molecule has 0 saturated carbocycles. The molecule has 6 heteroatoms. The van der Waals surface area contributed by atoms with Crippen LogP contribution >= 0.6 is 0 Å². The minimum Gasteiger partial charge on any atom is -0.334 e. The van der Waals surface area contributed by atoms with Gasteiger partial charge in [0.15, 0.2) is 5.82 Å². The summed E-state index contributed by atoms with van der Waals surface area (Å²) in [6.45, 7) is 6.53. The molecule has 3 aromatic rings. The van der Waals surface area contributed by atoms with E-state index < -0.39 is 0 Å². The van der Waals surface area contributed by atoms with Crippen LogP contribution in [0.15, 0.2) is 35.1 Å². The van der Waals surface area contributed by atoms with Crippen molar-refractivity contribution < 1.29 is 4.52 Å². The number of H-pyrrole nitrogens is 1. The van der Waals surface area contributed by atoms with E-state index in [0.29, 0.717) is 17.5 Å². The van der Waals surface area contributed by atoms with Crippen molar-refractivity contribution in [3.8, 4) is 23.1 Å². The zero-order valence-corrected chi connectivity index (χ0v) is 11.6. The van der Waals surface area contributed by atoms with Gasteiger partial charge in [-0.1, -0.05) is 38.1 Å². The molecule has 0 atom stereocenters. The Hall–Kier alpha value is -2.50. The third-order valence-electron chi connectivity index (χ3n) is 3.05. The third-order valence-corrected chi connectivity index (χ3v) is 3.05. The van der Waals surface area contributed by atoms with Crippen LogP contribution in [0.4, 0.5) is 0 Å². The highest BCUT2D eigenvalue weighted by atomic mass is 16.5. The van der Waals surface area contributed by atoms with Crippen molar-refractivity contribution in [2.24, 2.45) is 0 Å². The maximum atomic E-state index is 5.25. The Balaban J connectivity index is 1.90. The molecule has 2 aromatic heterocycles. The lowest BCUT2D eigenvalue weighted by Crippen LogP contribution is -2.10. The molecule has 102 valence electrons. The minimum absolute atomic E-state index is 0.123. The third kappa shape index (κ3) is 2.32. The van der Waals surface area contributed by atoms with Crippen LogP contribution in [-0.4, -0.2) is 25.3 Å². The average Bonchev–Trinajstić information content (AvgIpc) is 3.09. The molecule has 0 aliphatic rings. The van der Waals surface area contributed by atoms with Crippen molar-refractivity contribution in [1.82, 2.24) is 25.3 Å². The van der Waals surface area contributed by atoms with Crippen molar-refractivity contribution in [2.75, 3.05) is 0 Å². The summed E-state index contributed by atoms with van der Waals surface area (Å²) in [6.07, 6.45) is 1.41. The molecule has 1 aromatic carbocycles. The van der Waals surface area contributed by atoms with E-state index in [-0.39, 0.29) is 5.41 Å². The number of hydrogen-bond acceptors (Lipinski definition) is 5. The number of hydrogen-bond donors (Lipinski definition) is 1. The highest BCUT2D eigenvalue weighted by Crippen LogP contribution is 2.26. The van der Waals surface area contributed by atoms with Crippen LogP contribution in [0.2, 0.25) is 0 Å². The van der Waals surface area contributed by atoms with Gasteiger partial charge in [-0.3, -0.25) is 5.10 Å². The predicted octanol–water partition coefficient (Wildman–Crippen LogP) is 2.82. The van der Waals surface area contributed by atoms with Crippen LogP contribution in [0, 0.1) is 0 Å². The molecule has 20 heavy (non-hydrogen) atoms. The average molecular weight is 269 g/mol. The minimum atomic E-state index is 0.123. The van der Waals surface area contributed by atoms with Gasteiger partial charge in [-0.05, 0) is 23.1 Å². The first-order valence-electron chi connectivity index (χ1n) is 6.34. The quantitative estimate of drug-likeness (QED) is 0.773. The van der Waals surface area contributed by atoms with E-state index >= 15 is 0 Å². The van der Waals surface area contributed by atoms with Crippen molar-refractivity contribution in [3.63, 3.8) is 0 Å². The van der Waals surface area contributed by atoms with Gasteiger partial charge in [-0.25, -0.2) is 4.98 Å². The largest absolute Gasteiger partial charge is 0.334 e. The highest BCUT2D eigenvalue weighted by Gasteiger charge is 2.15. The van der Waals surface area contributed by atoms with Crippen LogP contribution in [0.1, 0.15) is 26.3 Å². The Morgan fingerprint density at radius 1 is 1.10 bits per heavy atom. The van der Waals surface area contributed by atoms with Gasteiger partial charge in [-0.2, -0.15) is 10.1 Å². The van der Waals surface area contributed by atoms with Gasteiger partial charge >= 0.3 is 0 Å². The maximum absolute atomic E-state index is 5.25. The Morgan fingerprint density at radius 3 is 2.45 bits per heavy atom. The number of aromatic nitrogens is 5. The summed E-state index contributed by atoms with van der Waals surface area (Å²) >= 11 is 0. The summed E-state index contributed by atoms with van der Waals surface area (Å²) in [4.78, 5) is 8.29. The molecule has 0 aliphatic heterocycles. The van der Waals surface area contributed by atoms with Crippen LogP contribution < -0.4 is 0 Å². The summed E-state index contributed by atoms with van der Waals surface area (Å²) in [5, 5.41) is 10.3. The Labute approximate surface area is 116 Å². The number of nitrogens with one attached hydrogen (secondary N) is 1. The van der Waals surface area contributed by atoms with Gasteiger partial charge in [0.05, 0.1) is 0 Å². The summed E-state index contributed by atoms with van der Waals surface area (Å²) in [6, 6.07) is 8.12. The molecule has 2 heterocycles. The molecule has 0 unspecified atom stereocenters. The smallest absolute Gasteiger partial charge is 0.258 e. The summed E-state index contributed by atoms with van der Waals surface area (Å²) < 4.78 is 5.25. The van der Waals surface area contributed by atoms with E-state index in [9.17, 15) is 0 Å². The second kappa shape index (κ2) is 4.56. The van der Waals surface area contributed by atoms with E-state index in [1.807, 2.05) is 12.1 Å². The number of aromatic amines is 1. The van der Waals surface area contributed by atoms with Crippen LogP contribution in [0.3, 0.4) is 0 Å². The normalized spacial score (nSPS) is 11.8. The fraction of sp³-hybridized carbons (Fsp3) is 0.286. The Bertz CT molecular complexity index is 692. The lowest BCUT2D eigenvalue weighted by atomic mass is 9.87. The molecule has 6 nitrogen and oxygen atoms in total. The fourth-order valence-electron chi connectivity index (χ4n) is 1.86. The first kappa shape index (κ1) is 12.5. The van der Waals surface area contributed by atoms with Gasteiger partial charge in [-0.15, -0.1) is 0 Å². The molecule has 3 rings (SSSR count). The SMILES string of the molecule is CC(C)(C)c1ccc(-c2nc(-c3ncn[nH]3)no2)cc1. The van der Waals surface area contributed by atoms with Crippen molar-refractivity contribution in [2.45, 2.75) is 26.2 Å². The fourth-order valence-corrected chi connectivity index (χ4v) is 1.86. The molecule has 0 aliphatic carbocycles. The molecular weight excluding hydrogens is 254 g/mol. The lowest BCUT2D eigenvalue weighted by molar-refractivity contribution is 0.432. The van der Waals surface area contributed by atoms with Crippen molar-refractivity contribution in [3.05, 3.63) is 36.2 Å². The molecule has 0 spiro atoms. The van der Waals surface area contributed by atoms with E-state index in [2.05, 4.69) is 58.2 Å². The first-order chi connectivity index (χ1) is 9.54. The van der Waals surface area contributed by atoms with Crippen LogP contribution in [0.5, 0.6) is 0 Å². The second-order valence-corrected chi connectivity index (χ2v) is 5.58. The number of rotatable bonds is 2. The standard InChI is InChI=1S/C14H15N5O/c1-14(2,3)10-6-4-9(5-7-10)13-17-12(19-20-13)11-15-8-16-18-11/h4-8H,1-3H3,(H,15,16,18). The monoisotopic (exact) mass is 269 g/mol. The molecule has 0 saturated heterocycles. The van der Waals surface area contributed by atoms with Gasteiger partial charge in [0.2, 0.25) is 5.82 Å². The maximum Gasteiger partial charge on any atom is 0.258 e. The van der Waals surface area contributed by atoms with E-state index in [1.54, 1.807) is 0 Å². The number of benzene rings is 1. The molecule has 0 fully saturated rings. The van der Waals surface area contributed by atoms with E-state index in [0.717, 1.165) is 5.56 Å². The van der Waals surface area contributed by atoms with Gasteiger partial charge in [0, 0.05) is 5.56 Å². The molecule has 0 amide bonds. The van der Waals surface area contributed by atoms with Crippen LogP contribution in [0.25, 0.3) is 23.1 Å². The summed E-state index contributed by atoms with van der Waals surface area (Å²) in [7, 11) is 0. The van der Waals surface area contributed by atoms with Gasteiger partial charge < -0.3 is 4.52 Å². The van der Waals surface area contributed by atoms with E-state index in [4.69, 9.17) is 4.52 Å². The molecule has 0 bridgehead atoms. The zero-order chi connectivity index (χ0) is 14.2. The van der Waals surface area contributed by atoms with Crippen molar-refractivity contribution >= 4 is 0 Å². The second-order valence-electron chi connectivity index (χ2n) is 5.58. The zero-order valence-electron chi connectivity index (χ0n) is 11.6. The first-order valence-corrected chi connectivity index (χ1v) is 6.34. The highest BCUT2D eigenvalue weighted by molar-refractivity contribution is 5.56. The van der Waals surface area contributed by atoms with Crippen molar-refractivity contribution in [1.29, 1.82) is 0 Å². The Morgan fingerprint density at radius 2 is 1.85 bits per heavy atom. The molecule has 1 N–H and O–H groups in total.